The maximum atomic E-state index is 12.4. The number of pyridine rings is 1. The van der Waals surface area contributed by atoms with Crippen molar-refractivity contribution in [2.45, 2.75) is 23.3 Å². The van der Waals surface area contributed by atoms with E-state index in [1.807, 2.05) is 0 Å². The molecule has 104 valence electrons. The van der Waals surface area contributed by atoms with E-state index in [-0.39, 0.29) is 4.90 Å². The maximum absolute atomic E-state index is 12.4. The van der Waals surface area contributed by atoms with Crippen LogP contribution in [-0.2, 0) is 14.8 Å². The fourth-order valence-electron chi connectivity index (χ4n) is 2.09. The summed E-state index contributed by atoms with van der Waals surface area (Å²) >= 11 is 0. The summed E-state index contributed by atoms with van der Waals surface area (Å²) in [5.74, 6) is -1.14. The van der Waals surface area contributed by atoms with E-state index in [2.05, 4.69) is 9.71 Å². The number of aliphatic carboxylic acids is 1. The molecule has 0 saturated heterocycles. The van der Waals surface area contributed by atoms with Crippen molar-refractivity contribution in [3.05, 3.63) is 36.5 Å². The number of carbonyl (C=O) groups is 1. The molecular formula is C13H12N2O4S. The van der Waals surface area contributed by atoms with Crippen LogP contribution in [0.3, 0.4) is 0 Å². The normalized spacial score (nSPS) is 17.0. The van der Waals surface area contributed by atoms with Crippen LogP contribution in [0.4, 0.5) is 0 Å². The zero-order valence-electron chi connectivity index (χ0n) is 10.4. The lowest BCUT2D eigenvalue weighted by atomic mass is 10.2. The number of hydrogen-bond donors (Lipinski definition) is 2. The Morgan fingerprint density at radius 1 is 1.25 bits per heavy atom. The van der Waals surface area contributed by atoms with E-state index in [1.165, 1.54) is 12.3 Å². The van der Waals surface area contributed by atoms with E-state index in [4.69, 9.17) is 5.11 Å². The Kier molecular flexibility index (Phi) is 2.77. The number of hydrogen-bond acceptors (Lipinski definition) is 4. The molecule has 1 aliphatic carbocycles. The van der Waals surface area contributed by atoms with Gasteiger partial charge in [-0.05, 0) is 25.0 Å². The number of para-hydroxylation sites is 1. The molecule has 1 aliphatic rings. The molecule has 0 radical (unpaired) electrons. The van der Waals surface area contributed by atoms with Gasteiger partial charge in [0.1, 0.15) is 10.4 Å². The van der Waals surface area contributed by atoms with Crippen molar-refractivity contribution in [3.8, 4) is 0 Å². The molecule has 1 fully saturated rings. The summed E-state index contributed by atoms with van der Waals surface area (Å²) in [5.41, 5.74) is -1.01. The van der Waals surface area contributed by atoms with E-state index in [0.717, 1.165) is 0 Å². The molecule has 1 aromatic carbocycles. The Morgan fingerprint density at radius 2 is 1.95 bits per heavy atom. The molecule has 0 aliphatic heterocycles. The Labute approximate surface area is 115 Å². The number of carboxylic acids is 1. The van der Waals surface area contributed by atoms with Gasteiger partial charge in [-0.1, -0.05) is 18.2 Å². The second-order valence-corrected chi connectivity index (χ2v) is 6.47. The van der Waals surface area contributed by atoms with Gasteiger partial charge in [-0.25, -0.2) is 8.42 Å². The van der Waals surface area contributed by atoms with Crippen molar-refractivity contribution in [2.75, 3.05) is 0 Å². The number of aromatic nitrogens is 1. The summed E-state index contributed by atoms with van der Waals surface area (Å²) in [6, 6.07) is 8.26. The first kappa shape index (κ1) is 13.0. The smallest absolute Gasteiger partial charge is 0.324 e. The lowest BCUT2D eigenvalue weighted by Crippen LogP contribution is -2.43. The van der Waals surface area contributed by atoms with Crippen molar-refractivity contribution in [2.24, 2.45) is 0 Å². The van der Waals surface area contributed by atoms with Gasteiger partial charge in [0.2, 0.25) is 10.0 Å². The van der Waals surface area contributed by atoms with Gasteiger partial charge in [0.25, 0.3) is 0 Å². The molecule has 6 nitrogen and oxygen atoms in total. The van der Waals surface area contributed by atoms with Crippen LogP contribution in [0.2, 0.25) is 0 Å². The first-order valence-electron chi connectivity index (χ1n) is 6.06. The lowest BCUT2D eigenvalue weighted by Gasteiger charge is -2.13. The summed E-state index contributed by atoms with van der Waals surface area (Å²) in [4.78, 5) is 15.2. The zero-order chi connectivity index (χ0) is 14.4. The molecule has 3 rings (SSSR count). The number of carboxylic acid groups (broad SMARTS) is 1. The molecule has 0 spiro atoms. The van der Waals surface area contributed by atoms with E-state index in [9.17, 15) is 13.2 Å². The summed E-state index contributed by atoms with van der Waals surface area (Å²) < 4.78 is 27.1. The van der Waals surface area contributed by atoms with Gasteiger partial charge in [0.15, 0.2) is 0 Å². The summed E-state index contributed by atoms with van der Waals surface area (Å²) in [6.45, 7) is 0. The molecule has 1 heterocycles. The van der Waals surface area contributed by atoms with Gasteiger partial charge in [-0.3, -0.25) is 9.78 Å². The number of nitrogens with zero attached hydrogens (tertiary/aromatic N) is 1. The van der Waals surface area contributed by atoms with Gasteiger partial charge in [-0.15, -0.1) is 0 Å². The molecule has 0 bridgehead atoms. The molecule has 0 unspecified atom stereocenters. The van der Waals surface area contributed by atoms with Crippen LogP contribution < -0.4 is 4.72 Å². The number of fused-ring (bicyclic) bond motifs is 1. The third-order valence-electron chi connectivity index (χ3n) is 3.37. The Hall–Kier alpha value is -1.99. The van der Waals surface area contributed by atoms with Crippen LogP contribution >= 0.6 is 0 Å². The number of benzene rings is 1. The van der Waals surface area contributed by atoms with Crippen molar-refractivity contribution in [1.29, 1.82) is 0 Å². The minimum Gasteiger partial charge on any atom is -0.480 e. The molecule has 7 heteroatoms. The standard InChI is InChI=1S/C13H12N2O4S/c16-12(17)13(6-7-13)15-20(18,19)10-5-1-3-9-4-2-8-14-11(9)10/h1-5,8,15H,6-7H2,(H,16,17). The van der Waals surface area contributed by atoms with Crippen LogP contribution in [0.5, 0.6) is 0 Å². The van der Waals surface area contributed by atoms with Crippen LogP contribution in [0.1, 0.15) is 12.8 Å². The second kappa shape index (κ2) is 4.26. The highest BCUT2D eigenvalue weighted by Gasteiger charge is 2.53. The van der Waals surface area contributed by atoms with Crippen molar-refractivity contribution in [3.63, 3.8) is 0 Å². The molecular weight excluding hydrogens is 280 g/mol. The van der Waals surface area contributed by atoms with Crippen molar-refractivity contribution >= 4 is 26.9 Å². The minimum absolute atomic E-state index is 0.00289. The number of nitrogens with one attached hydrogen (secondary N) is 1. The lowest BCUT2D eigenvalue weighted by molar-refractivity contribution is -0.140. The Morgan fingerprint density at radius 3 is 2.60 bits per heavy atom. The van der Waals surface area contributed by atoms with Gasteiger partial charge < -0.3 is 5.11 Å². The average Bonchev–Trinajstić information content (AvgIpc) is 3.18. The van der Waals surface area contributed by atoms with Gasteiger partial charge in [0.05, 0.1) is 5.52 Å². The highest BCUT2D eigenvalue weighted by Crippen LogP contribution is 2.37. The van der Waals surface area contributed by atoms with Crippen molar-refractivity contribution < 1.29 is 18.3 Å². The average molecular weight is 292 g/mol. The highest BCUT2D eigenvalue weighted by molar-refractivity contribution is 7.89. The van der Waals surface area contributed by atoms with E-state index >= 15 is 0 Å². The third kappa shape index (κ3) is 2.04. The largest absolute Gasteiger partial charge is 0.480 e. The van der Waals surface area contributed by atoms with E-state index < -0.39 is 21.5 Å². The van der Waals surface area contributed by atoms with Gasteiger partial charge in [-0.2, -0.15) is 4.72 Å². The quantitative estimate of drug-likeness (QED) is 0.880. The third-order valence-corrected chi connectivity index (χ3v) is 4.94. The summed E-state index contributed by atoms with van der Waals surface area (Å²) in [6.07, 6.45) is 2.12. The van der Waals surface area contributed by atoms with E-state index in [0.29, 0.717) is 23.7 Å². The maximum Gasteiger partial charge on any atom is 0.324 e. The predicted octanol–water partition coefficient (Wildman–Crippen LogP) is 1.13. The topological polar surface area (TPSA) is 96.4 Å². The molecule has 0 atom stereocenters. The molecule has 1 aromatic heterocycles. The van der Waals surface area contributed by atoms with Gasteiger partial charge >= 0.3 is 5.97 Å². The molecule has 1 saturated carbocycles. The fourth-order valence-corrected chi connectivity index (χ4v) is 3.69. The minimum atomic E-state index is -3.92. The molecule has 0 amide bonds. The SMILES string of the molecule is O=C(O)C1(NS(=O)(=O)c2cccc3cccnc23)CC1. The highest BCUT2D eigenvalue weighted by atomic mass is 32.2. The number of rotatable bonds is 4. The van der Waals surface area contributed by atoms with Crippen LogP contribution in [0, 0.1) is 0 Å². The zero-order valence-corrected chi connectivity index (χ0v) is 11.2. The van der Waals surface area contributed by atoms with Crippen LogP contribution in [0.15, 0.2) is 41.4 Å². The predicted molar refractivity (Wildman–Crippen MR) is 71.7 cm³/mol. The van der Waals surface area contributed by atoms with Crippen LogP contribution in [0.25, 0.3) is 10.9 Å². The Balaban J connectivity index is 2.08. The first-order valence-corrected chi connectivity index (χ1v) is 7.54. The first-order chi connectivity index (χ1) is 9.45. The van der Waals surface area contributed by atoms with Crippen molar-refractivity contribution in [1.82, 2.24) is 9.71 Å². The fraction of sp³-hybridized carbons (Fsp3) is 0.231. The number of sulfonamides is 1. The second-order valence-electron chi connectivity index (χ2n) is 4.82. The van der Waals surface area contributed by atoms with Crippen LogP contribution in [-0.4, -0.2) is 30.0 Å². The molecule has 2 aromatic rings. The van der Waals surface area contributed by atoms with E-state index in [1.54, 1.807) is 24.3 Å². The molecule has 20 heavy (non-hydrogen) atoms. The van der Waals surface area contributed by atoms with Gasteiger partial charge in [0, 0.05) is 11.6 Å². The Bertz CT molecular complexity index is 792. The molecule has 2 N–H and O–H groups in total. The summed E-state index contributed by atoms with van der Waals surface area (Å²) in [5, 5.41) is 9.78. The monoisotopic (exact) mass is 292 g/mol. The summed E-state index contributed by atoms with van der Waals surface area (Å²) in [7, 11) is -3.92.